The SMILES string of the molecule is COc1ccccc1NC(=O)COc1ccccc1CNNc1ccccc1. The number of anilines is 2. The standard InChI is InChI=1S/C22H23N3O3/c1-27-21-14-8-6-12-19(21)24-22(26)16-28-20-13-7-5-9-17(20)15-23-25-18-10-3-2-4-11-18/h2-14,23,25H,15-16H2,1H3,(H,24,26). The van der Waals surface area contributed by atoms with E-state index in [1.807, 2.05) is 66.7 Å². The van der Waals surface area contributed by atoms with E-state index in [1.54, 1.807) is 19.2 Å². The Morgan fingerprint density at radius 3 is 2.32 bits per heavy atom. The molecule has 0 aromatic heterocycles. The second kappa shape index (κ2) is 9.99. The number of nitrogens with one attached hydrogen (secondary N) is 3. The minimum absolute atomic E-state index is 0.0961. The number of ether oxygens (including phenoxy) is 2. The number of benzene rings is 3. The van der Waals surface area contributed by atoms with Crippen LogP contribution in [0.2, 0.25) is 0 Å². The normalized spacial score (nSPS) is 10.2. The number of hydrogen-bond acceptors (Lipinski definition) is 5. The van der Waals surface area contributed by atoms with Crippen molar-refractivity contribution in [2.45, 2.75) is 6.54 Å². The molecule has 0 aliphatic carbocycles. The number of carbonyl (C=O) groups is 1. The molecule has 28 heavy (non-hydrogen) atoms. The van der Waals surface area contributed by atoms with Gasteiger partial charge in [0.2, 0.25) is 0 Å². The van der Waals surface area contributed by atoms with Gasteiger partial charge in [-0.15, -0.1) is 0 Å². The van der Waals surface area contributed by atoms with Crippen molar-refractivity contribution in [1.82, 2.24) is 5.43 Å². The Bertz CT molecular complexity index is 900. The lowest BCUT2D eigenvalue weighted by atomic mass is 10.2. The van der Waals surface area contributed by atoms with E-state index in [4.69, 9.17) is 9.47 Å². The molecule has 0 fully saturated rings. The summed E-state index contributed by atoms with van der Waals surface area (Å²) in [5, 5.41) is 2.80. The van der Waals surface area contributed by atoms with Crippen molar-refractivity contribution in [2.75, 3.05) is 24.5 Å². The number of para-hydroxylation sites is 4. The van der Waals surface area contributed by atoms with Gasteiger partial charge < -0.3 is 20.2 Å². The molecule has 0 heterocycles. The van der Waals surface area contributed by atoms with Crippen molar-refractivity contribution in [3.63, 3.8) is 0 Å². The second-order valence-corrected chi connectivity index (χ2v) is 5.99. The van der Waals surface area contributed by atoms with Crippen LogP contribution in [-0.4, -0.2) is 19.6 Å². The summed E-state index contributed by atoms with van der Waals surface area (Å²) in [5.41, 5.74) is 8.81. The maximum atomic E-state index is 12.2. The van der Waals surface area contributed by atoms with Gasteiger partial charge in [0.05, 0.1) is 12.8 Å². The summed E-state index contributed by atoms with van der Waals surface area (Å²) in [6.45, 7) is 0.445. The first-order chi connectivity index (χ1) is 13.8. The predicted octanol–water partition coefficient (Wildman–Crippen LogP) is 3.83. The zero-order chi connectivity index (χ0) is 19.6. The van der Waals surface area contributed by atoms with Crippen LogP contribution in [0.15, 0.2) is 78.9 Å². The van der Waals surface area contributed by atoms with Crippen LogP contribution in [0.25, 0.3) is 0 Å². The third kappa shape index (κ3) is 5.49. The molecule has 144 valence electrons. The fourth-order valence-electron chi connectivity index (χ4n) is 2.63. The molecule has 0 aliphatic heterocycles. The molecular weight excluding hydrogens is 354 g/mol. The van der Waals surface area contributed by atoms with Gasteiger partial charge >= 0.3 is 0 Å². The van der Waals surface area contributed by atoms with Crippen LogP contribution >= 0.6 is 0 Å². The van der Waals surface area contributed by atoms with E-state index in [-0.39, 0.29) is 12.5 Å². The number of carbonyl (C=O) groups excluding carboxylic acids is 1. The zero-order valence-electron chi connectivity index (χ0n) is 15.6. The van der Waals surface area contributed by atoms with Gasteiger partial charge in [-0.05, 0) is 30.3 Å². The number of rotatable bonds is 9. The van der Waals surface area contributed by atoms with Gasteiger partial charge in [-0.1, -0.05) is 48.5 Å². The van der Waals surface area contributed by atoms with Crippen LogP contribution in [0.5, 0.6) is 11.5 Å². The fourth-order valence-corrected chi connectivity index (χ4v) is 2.63. The van der Waals surface area contributed by atoms with Gasteiger partial charge in [-0.3, -0.25) is 4.79 Å². The highest BCUT2D eigenvalue weighted by Crippen LogP contribution is 2.23. The fraction of sp³-hybridized carbons (Fsp3) is 0.136. The van der Waals surface area contributed by atoms with Gasteiger partial charge in [0.15, 0.2) is 6.61 Å². The molecule has 0 spiro atoms. The van der Waals surface area contributed by atoms with Gasteiger partial charge in [-0.2, -0.15) is 0 Å². The Morgan fingerprint density at radius 1 is 0.857 bits per heavy atom. The third-order valence-electron chi connectivity index (χ3n) is 4.00. The molecule has 0 saturated heterocycles. The summed E-state index contributed by atoms with van der Waals surface area (Å²) in [6, 6.07) is 24.7. The highest BCUT2D eigenvalue weighted by atomic mass is 16.5. The highest BCUT2D eigenvalue weighted by molar-refractivity contribution is 5.93. The van der Waals surface area contributed by atoms with E-state index in [1.165, 1.54) is 0 Å². The highest BCUT2D eigenvalue weighted by Gasteiger charge is 2.09. The summed E-state index contributed by atoms with van der Waals surface area (Å²) in [7, 11) is 1.56. The van der Waals surface area contributed by atoms with Gasteiger partial charge in [-0.25, -0.2) is 5.43 Å². The Morgan fingerprint density at radius 2 is 1.54 bits per heavy atom. The average molecular weight is 377 g/mol. The van der Waals surface area contributed by atoms with Crippen LogP contribution in [0.1, 0.15) is 5.56 Å². The number of methoxy groups -OCH3 is 1. The van der Waals surface area contributed by atoms with Gasteiger partial charge in [0.1, 0.15) is 11.5 Å². The van der Waals surface area contributed by atoms with Crippen LogP contribution in [0, 0.1) is 0 Å². The summed E-state index contributed by atoms with van der Waals surface area (Å²) < 4.78 is 11.0. The molecule has 3 N–H and O–H groups in total. The van der Waals surface area contributed by atoms with Crippen LogP contribution < -0.4 is 25.6 Å². The van der Waals surface area contributed by atoms with Crippen LogP contribution in [0.4, 0.5) is 11.4 Å². The minimum Gasteiger partial charge on any atom is -0.495 e. The van der Waals surface area contributed by atoms with E-state index in [0.29, 0.717) is 23.7 Å². The lowest BCUT2D eigenvalue weighted by Crippen LogP contribution is -2.23. The summed E-state index contributed by atoms with van der Waals surface area (Å²) in [6.07, 6.45) is 0. The molecule has 0 atom stereocenters. The largest absolute Gasteiger partial charge is 0.495 e. The molecule has 0 saturated carbocycles. The minimum atomic E-state index is -0.255. The smallest absolute Gasteiger partial charge is 0.262 e. The first kappa shape index (κ1) is 19.3. The average Bonchev–Trinajstić information content (AvgIpc) is 2.74. The first-order valence-electron chi connectivity index (χ1n) is 8.94. The molecule has 0 aliphatic rings. The molecule has 3 aromatic carbocycles. The third-order valence-corrected chi connectivity index (χ3v) is 4.00. The first-order valence-corrected chi connectivity index (χ1v) is 8.94. The molecule has 3 aromatic rings. The molecule has 6 heteroatoms. The predicted molar refractivity (Wildman–Crippen MR) is 110 cm³/mol. The molecule has 0 bridgehead atoms. The van der Waals surface area contributed by atoms with Crippen molar-refractivity contribution >= 4 is 17.3 Å². The van der Waals surface area contributed by atoms with E-state index < -0.39 is 0 Å². The number of hydrogen-bond donors (Lipinski definition) is 3. The quantitative estimate of drug-likeness (QED) is 0.495. The van der Waals surface area contributed by atoms with Crippen LogP contribution in [0.3, 0.4) is 0 Å². The topological polar surface area (TPSA) is 71.6 Å². The van der Waals surface area contributed by atoms with Gasteiger partial charge in [0.25, 0.3) is 5.91 Å². The molecular formula is C22H23N3O3. The Kier molecular flexibility index (Phi) is 6.87. The molecule has 1 amide bonds. The van der Waals surface area contributed by atoms with E-state index >= 15 is 0 Å². The maximum absolute atomic E-state index is 12.2. The lowest BCUT2D eigenvalue weighted by Gasteiger charge is -2.14. The van der Waals surface area contributed by atoms with Gasteiger partial charge in [0, 0.05) is 17.8 Å². The van der Waals surface area contributed by atoms with Crippen LogP contribution in [-0.2, 0) is 11.3 Å². The summed E-state index contributed by atoms with van der Waals surface area (Å²) >= 11 is 0. The molecule has 3 rings (SSSR count). The van der Waals surface area contributed by atoms with E-state index in [2.05, 4.69) is 16.2 Å². The lowest BCUT2D eigenvalue weighted by molar-refractivity contribution is -0.118. The van der Waals surface area contributed by atoms with Crippen molar-refractivity contribution in [3.05, 3.63) is 84.4 Å². The Labute approximate surface area is 164 Å². The van der Waals surface area contributed by atoms with E-state index in [0.717, 1.165) is 11.3 Å². The van der Waals surface area contributed by atoms with Crippen molar-refractivity contribution in [1.29, 1.82) is 0 Å². The van der Waals surface area contributed by atoms with Crippen molar-refractivity contribution in [2.24, 2.45) is 0 Å². The molecule has 0 unspecified atom stereocenters. The summed E-state index contributed by atoms with van der Waals surface area (Å²) in [4.78, 5) is 12.2. The molecule has 0 radical (unpaired) electrons. The Hall–Kier alpha value is -3.51. The Balaban J connectivity index is 1.53. The molecule has 6 nitrogen and oxygen atoms in total. The van der Waals surface area contributed by atoms with E-state index in [9.17, 15) is 4.79 Å². The summed E-state index contributed by atoms with van der Waals surface area (Å²) in [5.74, 6) is 1.00. The monoisotopic (exact) mass is 377 g/mol. The number of hydrazine groups is 1. The maximum Gasteiger partial charge on any atom is 0.262 e. The number of amides is 1. The zero-order valence-corrected chi connectivity index (χ0v) is 15.6. The van der Waals surface area contributed by atoms with Crippen molar-refractivity contribution < 1.29 is 14.3 Å². The second-order valence-electron chi connectivity index (χ2n) is 5.99. The van der Waals surface area contributed by atoms with Crippen molar-refractivity contribution in [3.8, 4) is 11.5 Å².